The van der Waals surface area contributed by atoms with Gasteiger partial charge in [0.1, 0.15) is 18.1 Å². The number of halogens is 2. The van der Waals surface area contributed by atoms with Gasteiger partial charge in [0.15, 0.2) is 5.82 Å². The average molecular weight is 280 g/mol. The minimum atomic E-state index is -2.63. The van der Waals surface area contributed by atoms with Crippen LogP contribution in [-0.2, 0) is 17.8 Å². The van der Waals surface area contributed by atoms with Crippen molar-refractivity contribution in [2.45, 2.75) is 26.5 Å². The summed E-state index contributed by atoms with van der Waals surface area (Å²) in [5.41, 5.74) is 0.888. The maximum absolute atomic E-state index is 12.6. The van der Waals surface area contributed by atoms with E-state index in [1.54, 1.807) is 24.3 Å². The Hall–Kier alpha value is -2.24. The zero-order valence-electron chi connectivity index (χ0n) is 10.9. The third kappa shape index (κ3) is 3.63. The second kappa shape index (κ2) is 6.27. The monoisotopic (exact) mass is 280 g/mol. The first kappa shape index (κ1) is 14.2. The van der Waals surface area contributed by atoms with Crippen LogP contribution < -0.4 is 4.74 Å². The van der Waals surface area contributed by atoms with Crippen LogP contribution in [0.2, 0.25) is 0 Å². The molecule has 0 spiro atoms. The zero-order valence-corrected chi connectivity index (χ0v) is 10.9. The molecule has 0 fully saturated rings. The third-order valence-electron chi connectivity index (χ3n) is 2.70. The largest absolute Gasteiger partial charge is 0.486 e. The fraction of sp³-hybridized carbons (Fsp3) is 0.286. The lowest BCUT2D eigenvalue weighted by Crippen LogP contribution is -2.07. The summed E-state index contributed by atoms with van der Waals surface area (Å²) in [7, 11) is 0. The van der Waals surface area contributed by atoms with Gasteiger partial charge in [0.05, 0.1) is 0 Å². The van der Waals surface area contributed by atoms with Crippen LogP contribution in [0, 0.1) is 0 Å². The summed E-state index contributed by atoms with van der Waals surface area (Å²) in [5, 5.41) is 0. The van der Waals surface area contributed by atoms with Crippen molar-refractivity contribution in [2.75, 3.05) is 0 Å². The molecule has 0 bridgehead atoms. The molecule has 0 unspecified atom stereocenters. The van der Waals surface area contributed by atoms with Crippen LogP contribution in [-0.4, -0.2) is 15.3 Å². The Balaban J connectivity index is 1.97. The molecule has 0 saturated carbocycles. The number of rotatable bonds is 6. The molecule has 1 heterocycles. The number of benzene rings is 1. The Bertz CT molecular complexity index is 579. The molecule has 0 N–H and O–H groups in total. The molecule has 106 valence electrons. The van der Waals surface area contributed by atoms with Crippen LogP contribution in [0.15, 0.2) is 36.7 Å². The molecule has 2 rings (SSSR count). The number of carbonyl (C=O) groups excluding carboxylic acids is 1. The van der Waals surface area contributed by atoms with E-state index < -0.39 is 6.55 Å². The average Bonchev–Trinajstić information content (AvgIpc) is 2.86. The topological polar surface area (TPSA) is 44.1 Å². The summed E-state index contributed by atoms with van der Waals surface area (Å²) in [6.07, 6.45) is 2.89. The summed E-state index contributed by atoms with van der Waals surface area (Å²) in [6.45, 7) is -1.15. The van der Waals surface area contributed by atoms with Gasteiger partial charge in [-0.1, -0.05) is 12.1 Å². The van der Waals surface area contributed by atoms with Gasteiger partial charge in [-0.2, -0.15) is 8.78 Å². The normalized spacial score (nSPS) is 10.8. The van der Waals surface area contributed by atoms with Gasteiger partial charge in [0.25, 0.3) is 0 Å². The standard InChI is InChI=1S/C14H14F2N2O2/c1-10(19)8-11-2-4-12(5-3-11)20-9-13-17-6-7-18(13)14(15)16/h2-7,14H,8-9H2,1H3. The molecule has 0 atom stereocenters. The molecule has 0 amide bonds. The molecule has 0 aliphatic rings. The van der Waals surface area contributed by atoms with E-state index in [0.717, 1.165) is 10.1 Å². The van der Waals surface area contributed by atoms with E-state index in [0.29, 0.717) is 12.2 Å². The lowest BCUT2D eigenvalue weighted by molar-refractivity contribution is -0.116. The number of hydrogen-bond donors (Lipinski definition) is 0. The number of ketones is 1. The predicted octanol–water partition coefficient (Wildman–Crippen LogP) is 2.99. The van der Waals surface area contributed by atoms with Gasteiger partial charge in [-0.15, -0.1) is 0 Å². The van der Waals surface area contributed by atoms with Crippen molar-refractivity contribution in [1.29, 1.82) is 0 Å². The quantitative estimate of drug-likeness (QED) is 0.817. The summed E-state index contributed by atoms with van der Waals surface area (Å²) in [5.74, 6) is 0.784. The summed E-state index contributed by atoms with van der Waals surface area (Å²) in [6, 6.07) is 6.95. The first-order chi connectivity index (χ1) is 9.56. The number of imidazole rings is 1. The van der Waals surface area contributed by atoms with Crippen molar-refractivity contribution in [3.05, 3.63) is 48.0 Å². The van der Waals surface area contributed by atoms with Crippen LogP contribution >= 0.6 is 0 Å². The van der Waals surface area contributed by atoms with Gasteiger partial charge < -0.3 is 4.74 Å². The summed E-state index contributed by atoms with van der Waals surface area (Å²) < 4.78 is 31.3. The van der Waals surface area contributed by atoms with Crippen LogP contribution in [0.5, 0.6) is 5.75 Å². The highest BCUT2D eigenvalue weighted by atomic mass is 19.3. The Labute approximate surface area is 115 Å². The van der Waals surface area contributed by atoms with Crippen molar-refractivity contribution in [3.8, 4) is 5.75 Å². The lowest BCUT2D eigenvalue weighted by Gasteiger charge is -2.09. The SMILES string of the molecule is CC(=O)Cc1ccc(OCc2nccn2C(F)F)cc1. The Kier molecular flexibility index (Phi) is 4.45. The molecule has 0 radical (unpaired) electrons. The molecule has 20 heavy (non-hydrogen) atoms. The van der Waals surface area contributed by atoms with Crippen LogP contribution in [0.4, 0.5) is 8.78 Å². The molecule has 0 aliphatic heterocycles. The van der Waals surface area contributed by atoms with E-state index in [2.05, 4.69) is 4.98 Å². The van der Waals surface area contributed by atoms with Crippen LogP contribution in [0.3, 0.4) is 0 Å². The second-order valence-corrected chi connectivity index (χ2v) is 4.34. The molecule has 0 saturated heterocycles. The van der Waals surface area contributed by atoms with Crippen LogP contribution in [0.1, 0.15) is 24.9 Å². The minimum absolute atomic E-state index is 0.0383. The molecule has 2 aromatic rings. The van der Waals surface area contributed by atoms with Crippen molar-refractivity contribution in [3.63, 3.8) is 0 Å². The van der Waals surface area contributed by atoms with E-state index in [9.17, 15) is 13.6 Å². The van der Waals surface area contributed by atoms with Crippen molar-refractivity contribution >= 4 is 5.78 Å². The molecular weight excluding hydrogens is 266 g/mol. The predicted molar refractivity (Wildman–Crippen MR) is 68.6 cm³/mol. The number of alkyl halides is 2. The number of carbonyl (C=O) groups is 1. The molecule has 1 aromatic heterocycles. The molecular formula is C14H14F2N2O2. The highest BCUT2D eigenvalue weighted by molar-refractivity contribution is 5.78. The van der Waals surface area contributed by atoms with E-state index >= 15 is 0 Å². The van der Waals surface area contributed by atoms with Gasteiger partial charge >= 0.3 is 6.55 Å². The first-order valence-corrected chi connectivity index (χ1v) is 6.07. The second-order valence-electron chi connectivity index (χ2n) is 4.34. The van der Waals surface area contributed by atoms with Crippen molar-refractivity contribution < 1.29 is 18.3 Å². The maximum Gasteiger partial charge on any atom is 0.320 e. The number of Topliss-reactive ketones (excluding diaryl/α,β-unsaturated/α-hetero) is 1. The fourth-order valence-electron chi connectivity index (χ4n) is 1.77. The zero-order chi connectivity index (χ0) is 14.5. The van der Waals surface area contributed by atoms with E-state index in [1.165, 1.54) is 19.3 Å². The number of ether oxygens (including phenoxy) is 1. The summed E-state index contributed by atoms with van der Waals surface area (Å²) in [4.78, 5) is 14.8. The van der Waals surface area contributed by atoms with Crippen molar-refractivity contribution in [1.82, 2.24) is 9.55 Å². The maximum atomic E-state index is 12.6. The highest BCUT2D eigenvalue weighted by Crippen LogP contribution is 2.17. The van der Waals surface area contributed by atoms with E-state index in [4.69, 9.17) is 4.74 Å². The molecule has 6 heteroatoms. The Morgan fingerprint density at radius 2 is 2.05 bits per heavy atom. The van der Waals surface area contributed by atoms with Gasteiger partial charge in [-0.3, -0.25) is 9.36 Å². The third-order valence-corrected chi connectivity index (χ3v) is 2.70. The van der Waals surface area contributed by atoms with Crippen molar-refractivity contribution in [2.24, 2.45) is 0 Å². The van der Waals surface area contributed by atoms with Gasteiger partial charge in [-0.05, 0) is 24.6 Å². The van der Waals surface area contributed by atoms with E-state index in [1.807, 2.05) is 0 Å². The Morgan fingerprint density at radius 1 is 1.35 bits per heavy atom. The first-order valence-electron chi connectivity index (χ1n) is 6.07. The fourth-order valence-corrected chi connectivity index (χ4v) is 1.77. The number of aromatic nitrogens is 2. The molecule has 0 aliphatic carbocycles. The van der Waals surface area contributed by atoms with Crippen LogP contribution in [0.25, 0.3) is 0 Å². The Morgan fingerprint density at radius 3 is 2.65 bits per heavy atom. The smallest absolute Gasteiger partial charge is 0.320 e. The van der Waals surface area contributed by atoms with E-state index in [-0.39, 0.29) is 18.2 Å². The molecule has 4 nitrogen and oxygen atoms in total. The lowest BCUT2D eigenvalue weighted by atomic mass is 10.1. The number of hydrogen-bond acceptors (Lipinski definition) is 3. The molecule has 1 aromatic carbocycles. The van der Waals surface area contributed by atoms with Gasteiger partial charge in [-0.25, -0.2) is 4.98 Å². The highest BCUT2D eigenvalue weighted by Gasteiger charge is 2.11. The van der Waals surface area contributed by atoms with Gasteiger partial charge in [0, 0.05) is 18.8 Å². The number of nitrogens with zero attached hydrogens (tertiary/aromatic N) is 2. The van der Waals surface area contributed by atoms with Gasteiger partial charge in [0.2, 0.25) is 0 Å². The minimum Gasteiger partial charge on any atom is -0.486 e. The summed E-state index contributed by atoms with van der Waals surface area (Å²) >= 11 is 0.